The summed E-state index contributed by atoms with van der Waals surface area (Å²) >= 11 is 2.01. The van der Waals surface area contributed by atoms with Crippen LogP contribution in [0.1, 0.15) is 33.6 Å². The lowest BCUT2D eigenvalue weighted by Gasteiger charge is -2.32. The van der Waals surface area contributed by atoms with Gasteiger partial charge in [-0.2, -0.15) is 11.8 Å². The Hall–Kier alpha value is 0.270. The van der Waals surface area contributed by atoms with E-state index in [9.17, 15) is 5.11 Å². The van der Waals surface area contributed by atoms with Gasteiger partial charge in [0.25, 0.3) is 0 Å². The van der Waals surface area contributed by atoms with Crippen molar-refractivity contribution in [3.8, 4) is 0 Å². The fraction of sp³-hybridized carbons (Fsp3) is 1.00. The quantitative estimate of drug-likeness (QED) is 0.731. The minimum absolute atomic E-state index is 0.177. The molecule has 1 aliphatic heterocycles. The van der Waals surface area contributed by atoms with Crippen molar-refractivity contribution in [2.45, 2.75) is 51.3 Å². The fourth-order valence-corrected chi connectivity index (χ4v) is 2.51. The Morgan fingerprint density at radius 1 is 1.54 bits per heavy atom. The van der Waals surface area contributed by atoms with Crippen molar-refractivity contribution >= 4 is 11.8 Å². The van der Waals surface area contributed by atoms with Crippen LogP contribution in [0.4, 0.5) is 0 Å². The maximum Gasteiger partial charge on any atom is 0.0741 e. The van der Waals surface area contributed by atoms with Gasteiger partial charge in [-0.05, 0) is 39.4 Å². The van der Waals surface area contributed by atoms with Crippen molar-refractivity contribution in [2.75, 3.05) is 11.5 Å². The first-order chi connectivity index (χ1) is 6.00. The Balaban J connectivity index is 2.30. The Morgan fingerprint density at radius 2 is 2.23 bits per heavy atom. The van der Waals surface area contributed by atoms with Gasteiger partial charge in [-0.15, -0.1) is 0 Å². The second-order valence-electron chi connectivity index (χ2n) is 4.46. The van der Waals surface area contributed by atoms with E-state index in [0.29, 0.717) is 6.04 Å². The van der Waals surface area contributed by atoms with Gasteiger partial charge in [-0.25, -0.2) is 0 Å². The third-order valence-corrected chi connectivity index (χ3v) is 3.92. The summed E-state index contributed by atoms with van der Waals surface area (Å²) in [4.78, 5) is 0. The zero-order chi connectivity index (χ0) is 9.90. The summed E-state index contributed by atoms with van der Waals surface area (Å²) in [5.41, 5.74) is -0.609. The Kier molecular flexibility index (Phi) is 4.07. The number of aliphatic hydroxyl groups is 1. The van der Waals surface area contributed by atoms with Gasteiger partial charge >= 0.3 is 0 Å². The van der Waals surface area contributed by atoms with Crippen LogP contribution in [0.2, 0.25) is 0 Å². The average molecular weight is 203 g/mol. The van der Waals surface area contributed by atoms with E-state index in [-0.39, 0.29) is 6.04 Å². The van der Waals surface area contributed by atoms with Crippen LogP contribution in [-0.4, -0.2) is 34.3 Å². The summed E-state index contributed by atoms with van der Waals surface area (Å²) in [6, 6.07) is 0.774. The zero-order valence-electron chi connectivity index (χ0n) is 8.84. The molecule has 1 saturated heterocycles. The highest BCUT2D eigenvalue weighted by Crippen LogP contribution is 2.19. The normalized spacial score (nSPS) is 27.2. The highest BCUT2D eigenvalue weighted by molar-refractivity contribution is 7.99. The number of hydrogen-bond donors (Lipinski definition) is 2. The Morgan fingerprint density at radius 3 is 2.69 bits per heavy atom. The third-order valence-electron chi connectivity index (χ3n) is 2.71. The SMILES string of the molecule is CC(NC1CCCSC1)C(C)(C)O. The largest absolute Gasteiger partial charge is 0.389 e. The summed E-state index contributed by atoms with van der Waals surface area (Å²) in [7, 11) is 0. The van der Waals surface area contributed by atoms with Crippen molar-refractivity contribution in [3.05, 3.63) is 0 Å². The minimum Gasteiger partial charge on any atom is -0.389 e. The maximum absolute atomic E-state index is 9.75. The minimum atomic E-state index is -0.609. The standard InChI is InChI=1S/C10H21NOS/c1-8(10(2,3)12)11-9-5-4-6-13-7-9/h8-9,11-12H,4-7H2,1-3H3. The molecule has 1 fully saturated rings. The van der Waals surface area contributed by atoms with Crippen LogP contribution in [0.5, 0.6) is 0 Å². The van der Waals surface area contributed by atoms with E-state index in [4.69, 9.17) is 0 Å². The monoisotopic (exact) mass is 203 g/mol. The lowest BCUT2D eigenvalue weighted by molar-refractivity contribution is 0.0403. The number of rotatable bonds is 3. The lowest BCUT2D eigenvalue weighted by Crippen LogP contribution is -2.50. The molecule has 0 saturated carbocycles. The number of thioether (sulfide) groups is 1. The predicted octanol–water partition coefficient (Wildman–Crippen LogP) is 1.63. The van der Waals surface area contributed by atoms with Gasteiger partial charge in [0.2, 0.25) is 0 Å². The molecule has 0 bridgehead atoms. The van der Waals surface area contributed by atoms with E-state index in [1.165, 1.54) is 24.3 Å². The van der Waals surface area contributed by atoms with Crippen molar-refractivity contribution in [1.82, 2.24) is 5.32 Å². The van der Waals surface area contributed by atoms with E-state index in [1.54, 1.807) is 0 Å². The maximum atomic E-state index is 9.75. The van der Waals surface area contributed by atoms with Gasteiger partial charge in [-0.3, -0.25) is 0 Å². The summed E-state index contributed by atoms with van der Waals surface area (Å²) < 4.78 is 0. The summed E-state index contributed by atoms with van der Waals surface area (Å²) in [5, 5.41) is 13.2. The van der Waals surface area contributed by atoms with Crippen molar-refractivity contribution in [3.63, 3.8) is 0 Å². The van der Waals surface area contributed by atoms with E-state index < -0.39 is 5.60 Å². The van der Waals surface area contributed by atoms with Gasteiger partial charge < -0.3 is 10.4 Å². The molecule has 0 aliphatic carbocycles. The molecule has 0 aromatic rings. The molecule has 78 valence electrons. The van der Waals surface area contributed by atoms with Crippen molar-refractivity contribution in [1.29, 1.82) is 0 Å². The van der Waals surface area contributed by atoms with Crippen LogP contribution in [-0.2, 0) is 0 Å². The summed E-state index contributed by atoms with van der Waals surface area (Å²) in [5.74, 6) is 2.50. The highest BCUT2D eigenvalue weighted by atomic mass is 32.2. The molecule has 2 N–H and O–H groups in total. The smallest absolute Gasteiger partial charge is 0.0741 e. The number of hydrogen-bond acceptors (Lipinski definition) is 3. The molecule has 2 nitrogen and oxygen atoms in total. The molecule has 1 heterocycles. The molecule has 0 amide bonds. The number of nitrogens with one attached hydrogen (secondary N) is 1. The van der Waals surface area contributed by atoms with Crippen molar-refractivity contribution < 1.29 is 5.11 Å². The van der Waals surface area contributed by atoms with E-state index in [0.717, 1.165) is 0 Å². The van der Waals surface area contributed by atoms with Gasteiger partial charge in [0.05, 0.1) is 5.60 Å². The second kappa shape index (κ2) is 4.67. The molecule has 1 rings (SSSR count). The Bertz CT molecular complexity index is 149. The van der Waals surface area contributed by atoms with Crippen LogP contribution in [0.25, 0.3) is 0 Å². The highest BCUT2D eigenvalue weighted by Gasteiger charge is 2.25. The molecule has 0 aromatic heterocycles. The van der Waals surface area contributed by atoms with Crippen LogP contribution >= 0.6 is 11.8 Å². The molecular weight excluding hydrogens is 182 g/mol. The molecule has 3 heteroatoms. The van der Waals surface area contributed by atoms with E-state index in [2.05, 4.69) is 12.2 Å². The first-order valence-corrected chi connectivity index (χ1v) is 6.22. The third kappa shape index (κ3) is 3.88. The predicted molar refractivity (Wildman–Crippen MR) is 59.2 cm³/mol. The van der Waals surface area contributed by atoms with Gasteiger partial charge in [0.15, 0.2) is 0 Å². The second-order valence-corrected chi connectivity index (χ2v) is 5.61. The van der Waals surface area contributed by atoms with Crippen LogP contribution < -0.4 is 5.32 Å². The van der Waals surface area contributed by atoms with Crippen molar-refractivity contribution in [2.24, 2.45) is 0 Å². The van der Waals surface area contributed by atoms with E-state index >= 15 is 0 Å². The molecule has 0 radical (unpaired) electrons. The first kappa shape index (κ1) is 11.3. The molecular formula is C10H21NOS. The molecule has 2 unspecified atom stereocenters. The topological polar surface area (TPSA) is 32.3 Å². The molecule has 1 aliphatic rings. The summed E-state index contributed by atoms with van der Waals surface area (Å²) in [6.45, 7) is 5.78. The first-order valence-electron chi connectivity index (χ1n) is 5.06. The van der Waals surface area contributed by atoms with E-state index in [1.807, 2.05) is 25.6 Å². The molecule has 0 aromatic carbocycles. The lowest BCUT2D eigenvalue weighted by atomic mass is 9.99. The Labute approximate surface area is 85.5 Å². The fourth-order valence-electron chi connectivity index (χ4n) is 1.43. The summed E-state index contributed by atoms with van der Waals surface area (Å²) in [6.07, 6.45) is 2.56. The molecule has 0 spiro atoms. The molecule has 13 heavy (non-hydrogen) atoms. The van der Waals surface area contributed by atoms with Crippen LogP contribution in [0, 0.1) is 0 Å². The zero-order valence-corrected chi connectivity index (χ0v) is 9.66. The molecule has 2 atom stereocenters. The van der Waals surface area contributed by atoms with Gasteiger partial charge in [0.1, 0.15) is 0 Å². The van der Waals surface area contributed by atoms with Gasteiger partial charge in [0, 0.05) is 17.8 Å². The van der Waals surface area contributed by atoms with Crippen LogP contribution in [0.3, 0.4) is 0 Å². The average Bonchev–Trinajstić information content (AvgIpc) is 2.04. The van der Waals surface area contributed by atoms with Gasteiger partial charge in [-0.1, -0.05) is 0 Å². The van der Waals surface area contributed by atoms with Crippen LogP contribution in [0.15, 0.2) is 0 Å².